The van der Waals surface area contributed by atoms with E-state index in [1.54, 1.807) is 13.8 Å². The van der Waals surface area contributed by atoms with Gasteiger partial charge in [0.25, 0.3) is 0 Å². The first-order chi connectivity index (χ1) is 4.46. The van der Waals surface area contributed by atoms with Crippen LogP contribution in [0.5, 0.6) is 0 Å². The van der Waals surface area contributed by atoms with E-state index in [1.165, 1.54) is 0 Å². The SMILES string of the molecule is CC(=N)C(C(C)=O)C(C)C. The van der Waals surface area contributed by atoms with Crippen LogP contribution in [-0.4, -0.2) is 11.5 Å². The van der Waals surface area contributed by atoms with E-state index in [-0.39, 0.29) is 17.6 Å². The smallest absolute Gasteiger partial charge is 0.138 e. The third-order valence-electron chi connectivity index (χ3n) is 1.57. The molecule has 0 aliphatic rings. The first-order valence-corrected chi connectivity index (χ1v) is 3.52. The molecule has 1 unspecified atom stereocenters. The zero-order valence-electron chi connectivity index (χ0n) is 7.06. The van der Waals surface area contributed by atoms with Gasteiger partial charge in [-0.2, -0.15) is 0 Å². The monoisotopic (exact) mass is 141 g/mol. The average Bonchev–Trinajstić information content (AvgIpc) is 1.59. The number of hydrogen-bond acceptors (Lipinski definition) is 2. The summed E-state index contributed by atoms with van der Waals surface area (Å²) >= 11 is 0. The van der Waals surface area contributed by atoms with Gasteiger partial charge in [0.05, 0.1) is 5.92 Å². The fourth-order valence-corrected chi connectivity index (χ4v) is 1.27. The first-order valence-electron chi connectivity index (χ1n) is 3.52. The standard InChI is InChI=1S/C8H15NO/c1-5(2)8(6(3)9)7(4)10/h5,8-9H,1-4H3. The Hall–Kier alpha value is -0.660. The molecule has 0 heterocycles. The second-order valence-corrected chi connectivity index (χ2v) is 3.02. The topological polar surface area (TPSA) is 40.9 Å². The minimum atomic E-state index is -0.167. The summed E-state index contributed by atoms with van der Waals surface area (Å²) in [6.45, 7) is 7.16. The predicted octanol–water partition coefficient (Wildman–Crippen LogP) is 1.89. The average molecular weight is 141 g/mol. The molecule has 1 N–H and O–H groups in total. The van der Waals surface area contributed by atoms with Crippen LogP contribution in [0.1, 0.15) is 27.7 Å². The Morgan fingerprint density at radius 1 is 1.30 bits per heavy atom. The van der Waals surface area contributed by atoms with Crippen molar-refractivity contribution in [3.8, 4) is 0 Å². The lowest BCUT2D eigenvalue weighted by Gasteiger charge is -2.15. The summed E-state index contributed by atoms with van der Waals surface area (Å²) in [5.74, 6) is 0.192. The van der Waals surface area contributed by atoms with Gasteiger partial charge in [0.15, 0.2) is 0 Å². The highest BCUT2D eigenvalue weighted by Crippen LogP contribution is 2.12. The van der Waals surface area contributed by atoms with Crippen molar-refractivity contribution in [2.24, 2.45) is 11.8 Å². The van der Waals surface area contributed by atoms with E-state index >= 15 is 0 Å². The van der Waals surface area contributed by atoms with E-state index < -0.39 is 0 Å². The third kappa shape index (κ3) is 2.29. The fraction of sp³-hybridized carbons (Fsp3) is 0.750. The molecule has 0 saturated heterocycles. The van der Waals surface area contributed by atoms with Gasteiger partial charge >= 0.3 is 0 Å². The zero-order valence-corrected chi connectivity index (χ0v) is 7.06. The summed E-state index contributed by atoms with van der Waals surface area (Å²) in [6, 6.07) is 0. The highest BCUT2D eigenvalue weighted by Gasteiger charge is 2.19. The molecule has 58 valence electrons. The Labute approximate surface area is 62.1 Å². The van der Waals surface area contributed by atoms with Crippen molar-refractivity contribution in [1.82, 2.24) is 0 Å². The van der Waals surface area contributed by atoms with Crippen LogP contribution in [0.3, 0.4) is 0 Å². The first kappa shape index (κ1) is 9.34. The molecular weight excluding hydrogens is 126 g/mol. The highest BCUT2D eigenvalue weighted by molar-refractivity contribution is 6.01. The Morgan fingerprint density at radius 3 is 1.70 bits per heavy atom. The maximum absolute atomic E-state index is 10.9. The minimum Gasteiger partial charge on any atom is -0.309 e. The van der Waals surface area contributed by atoms with Gasteiger partial charge in [-0.1, -0.05) is 13.8 Å². The van der Waals surface area contributed by atoms with Crippen molar-refractivity contribution in [3.63, 3.8) is 0 Å². The van der Waals surface area contributed by atoms with Gasteiger partial charge in [-0.15, -0.1) is 0 Å². The van der Waals surface area contributed by atoms with Crippen LogP contribution in [0.4, 0.5) is 0 Å². The maximum atomic E-state index is 10.9. The molecule has 0 aliphatic heterocycles. The van der Waals surface area contributed by atoms with E-state index in [1.807, 2.05) is 13.8 Å². The molecule has 1 atom stereocenters. The molecule has 2 nitrogen and oxygen atoms in total. The highest BCUT2D eigenvalue weighted by atomic mass is 16.1. The van der Waals surface area contributed by atoms with E-state index in [9.17, 15) is 4.79 Å². The van der Waals surface area contributed by atoms with Gasteiger partial charge in [0.2, 0.25) is 0 Å². The quantitative estimate of drug-likeness (QED) is 0.599. The van der Waals surface area contributed by atoms with E-state index in [4.69, 9.17) is 5.41 Å². The van der Waals surface area contributed by atoms with E-state index in [0.29, 0.717) is 5.71 Å². The molecule has 0 spiro atoms. The number of ketones is 1. The number of Topliss-reactive ketones (excluding diaryl/α,β-unsaturated/α-hetero) is 1. The summed E-state index contributed by atoms with van der Waals surface area (Å²) in [5.41, 5.74) is 0.475. The number of hydrogen-bond donors (Lipinski definition) is 1. The number of carbonyl (C=O) groups is 1. The maximum Gasteiger partial charge on any atom is 0.138 e. The van der Waals surface area contributed by atoms with Crippen molar-refractivity contribution in [1.29, 1.82) is 5.41 Å². The van der Waals surface area contributed by atoms with Gasteiger partial charge < -0.3 is 5.41 Å². The molecular formula is C8H15NO. The van der Waals surface area contributed by atoms with Gasteiger partial charge in [0.1, 0.15) is 5.78 Å². The molecule has 0 aromatic carbocycles. The van der Waals surface area contributed by atoms with Crippen LogP contribution in [0, 0.1) is 17.2 Å². The van der Waals surface area contributed by atoms with Crippen LogP contribution in [-0.2, 0) is 4.79 Å². The third-order valence-corrected chi connectivity index (χ3v) is 1.57. The van der Waals surface area contributed by atoms with Crippen LogP contribution in [0.15, 0.2) is 0 Å². The molecule has 0 fully saturated rings. The van der Waals surface area contributed by atoms with Gasteiger partial charge in [0, 0.05) is 5.71 Å². The summed E-state index contributed by atoms with van der Waals surface area (Å²) in [4.78, 5) is 10.9. The second-order valence-electron chi connectivity index (χ2n) is 3.02. The lowest BCUT2D eigenvalue weighted by atomic mass is 9.88. The molecule has 0 aliphatic carbocycles. The number of carbonyl (C=O) groups excluding carboxylic acids is 1. The Bertz CT molecular complexity index is 135. The Kier molecular flexibility index (Phi) is 3.26. The lowest BCUT2D eigenvalue weighted by molar-refractivity contribution is -0.119. The minimum absolute atomic E-state index is 0.0995. The molecule has 10 heavy (non-hydrogen) atoms. The van der Waals surface area contributed by atoms with Crippen LogP contribution < -0.4 is 0 Å². The van der Waals surface area contributed by atoms with Crippen molar-refractivity contribution >= 4 is 11.5 Å². The molecule has 0 radical (unpaired) electrons. The van der Waals surface area contributed by atoms with Gasteiger partial charge in [-0.25, -0.2) is 0 Å². The second kappa shape index (κ2) is 3.49. The molecule has 0 aromatic rings. The normalized spacial score (nSPS) is 13.3. The van der Waals surface area contributed by atoms with Crippen molar-refractivity contribution in [3.05, 3.63) is 0 Å². The van der Waals surface area contributed by atoms with E-state index in [0.717, 1.165) is 0 Å². The zero-order chi connectivity index (χ0) is 8.31. The Morgan fingerprint density at radius 2 is 1.70 bits per heavy atom. The van der Waals surface area contributed by atoms with Crippen molar-refractivity contribution in [2.75, 3.05) is 0 Å². The molecule has 0 aromatic heterocycles. The molecule has 0 bridgehead atoms. The van der Waals surface area contributed by atoms with Crippen LogP contribution in [0.2, 0.25) is 0 Å². The van der Waals surface area contributed by atoms with Crippen LogP contribution in [0.25, 0.3) is 0 Å². The van der Waals surface area contributed by atoms with Gasteiger partial charge in [-0.05, 0) is 19.8 Å². The predicted molar refractivity (Wildman–Crippen MR) is 42.4 cm³/mol. The summed E-state index contributed by atoms with van der Waals surface area (Å²) < 4.78 is 0. The molecule has 0 rings (SSSR count). The molecule has 0 amide bonds. The molecule has 0 saturated carbocycles. The van der Waals surface area contributed by atoms with Crippen molar-refractivity contribution < 1.29 is 4.79 Å². The molecule has 2 heteroatoms. The van der Waals surface area contributed by atoms with Crippen LogP contribution >= 0.6 is 0 Å². The summed E-state index contributed by atoms with van der Waals surface area (Å²) in [5, 5.41) is 7.29. The number of rotatable bonds is 3. The number of nitrogens with one attached hydrogen (secondary N) is 1. The Balaban J connectivity index is 4.27. The fourth-order valence-electron chi connectivity index (χ4n) is 1.27. The summed E-state index contributed by atoms with van der Waals surface area (Å²) in [6.07, 6.45) is 0. The summed E-state index contributed by atoms with van der Waals surface area (Å²) in [7, 11) is 0. The van der Waals surface area contributed by atoms with E-state index in [2.05, 4.69) is 0 Å². The largest absolute Gasteiger partial charge is 0.309 e. The van der Waals surface area contributed by atoms with Crippen molar-refractivity contribution in [2.45, 2.75) is 27.7 Å². The van der Waals surface area contributed by atoms with Gasteiger partial charge in [-0.3, -0.25) is 4.79 Å². The lowest BCUT2D eigenvalue weighted by Crippen LogP contribution is -2.24.